The van der Waals surface area contributed by atoms with Gasteiger partial charge in [0.15, 0.2) is 17.4 Å². The van der Waals surface area contributed by atoms with Crippen molar-refractivity contribution in [3.63, 3.8) is 0 Å². The van der Waals surface area contributed by atoms with Gasteiger partial charge in [-0.05, 0) is 112 Å². The number of aromatic nitrogens is 2. The second-order valence-electron chi connectivity index (χ2n) is 26.6. The molecule has 3 aromatic carbocycles. The van der Waals surface area contributed by atoms with Gasteiger partial charge in [-0.25, -0.2) is 14.6 Å². The maximum atomic E-state index is 14.1. The maximum Gasteiger partial charge on any atom is 0.410 e. The van der Waals surface area contributed by atoms with Crippen LogP contribution in [0.3, 0.4) is 0 Å². The van der Waals surface area contributed by atoms with E-state index in [4.69, 9.17) is 24.9 Å². The number of rotatable bonds is 36. The number of ketones is 2. The second kappa shape index (κ2) is 35.7. The quantitative estimate of drug-likeness (QED) is 0.0187. The number of anilines is 5. The number of primary amides is 1. The Morgan fingerprint density at radius 1 is 0.835 bits per heavy atom. The molecule has 2 saturated heterocycles. The van der Waals surface area contributed by atoms with Crippen LogP contribution in [0.25, 0.3) is 5.70 Å². The number of methoxy groups -OCH3 is 1. The number of urea groups is 1. The van der Waals surface area contributed by atoms with Crippen LogP contribution in [0, 0.1) is 11.8 Å². The van der Waals surface area contributed by atoms with E-state index in [-0.39, 0.29) is 172 Å². The minimum absolute atomic E-state index is 0.00921. The largest absolute Gasteiger partial charge is 0.495 e. The number of nitrogens with two attached hydrogens (primary N) is 1. The molecule has 4 aromatic rings. The number of amides is 12. The molecule has 30 nitrogen and oxygen atoms in total. The van der Waals surface area contributed by atoms with Crippen LogP contribution < -0.4 is 56.9 Å². The number of benzene rings is 3. The van der Waals surface area contributed by atoms with Gasteiger partial charge in [-0.1, -0.05) is 64.8 Å². The summed E-state index contributed by atoms with van der Waals surface area (Å²) in [5, 5.41) is 16.5. The van der Waals surface area contributed by atoms with E-state index in [1.165, 1.54) is 21.8 Å². The van der Waals surface area contributed by atoms with E-state index in [2.05, 4.69) is 48.4 Å². The number of nitrogens with zero attached hydrogens (tertiary/aromatic N) is 7. The van der Waals surface area contributed by atoms with Crippen molar-refractivity contribution >= 4 is 111 Å². The summed E-state index contributed by atoms with van der Waals surface area (Å²) in [6.07, 6.45) is 8.03. The highest BCUT2D eigenvalue weighted by atomic mass is 16.6. The molecule has 0 bridgehead atoms. The average Bonchev–Trinajstić information content (AvgIpc) is 1.73. The molecule has 0 spiro atoms. The molecule has 30 heteroatoms. The van der Waals surface area contributed by atoms with Gasteiger partial charge in [0.2, 0.25) is 47.3 Å². The summed E-state index contributed by atoms with van der Waals surface area (Å²) in [6, 6.07) is 13.1. The van der Waals surface area contributed by atoms with Crippen LogP contribution in [0.2, 0.25) is 0 Å². The zero-order chi connectivity index (χ0) is 74.0. The molecule has 8 N–H and O–H groups in total. The molecule has 1 aromatic heterocycles. The topological polar surface area (TPSA) is 390 Å². The van der Waals surface area contributed by atoms with E-state index < -0.39 is 66.3 Å². The fourth-order valence-corrected chi connectivity index (χ4v) is 13.5. The molecule has 103 heavy (non-hydrogen) atoms. The standard InChI is InChI=1S/C73H92N14O16/c1-7-53-70(98)83(5)55-40-77-72(82-65(55)87(53)49-17-10-11-18-49)79-52-28-25-47(39-58(52)101-6)66(94)75-34-37-84(35-15-19-50(88)42-102-57-21-13-20-51-63(57)44(4)86(69(51)97)54-29-30-60(91)81-68(54)96)73(100)103-41-45-23-26-48(27-24-45)78-67(95)46(16-14-33-76-71(74)99)38-56(89)64(43(2)3)80-59(90)22-9-8-12-36-85-61(92)31-32-62(85)93/h13,20-21,23-28,39-40,43,46,49,53-54,64H,4,7-12,14-19,22,29-38,41-42H2,1-3,5-6H3,(H,75,94)(H,78,95)(H,80,90)(H3,74,76,99)(H,77,79,82)(H,81,91,96)/t46-,53-,54?,64+/m1/s1. The Balaban J connectivity index is 0.821. The molecule has 1 saturated carbocycles. The molecule has 5 heterocycles. The highest BCUT2D eigenvalue weighted by Gasteiger charge is 2.44. The first-order valence-corrected chi connectivity index (χ1v) is 35.2. The molecule has 550 valence electrons. The molecule has 1 unspecified atom stereocenters. The fraction of sp³-hybridized carbons (Fsp3) is 0.493. The van der Waals surface area contributed by atoms with Crippen molar-refractivity contribution in [2.45, 2.75) is 167 Å². The molecular formula is C73H92N14O16. The molecule has 5 aliphatic rings. The van der Waals surface area contributed by atoms with Gasteiger partial charge in [-0.15, -0.1) is 0 Å². The molecule has 12 amide bonds. The predicted molar refractivity (Wildman–Crippen MR) is 378 cm³/mol. The van der Waals surface area contributed by atoms with Crippen molar-refractivity contribution in [3.05, 3.63) is 95.7 Å². The maximum absolute atomic E-state index is 14.1. The summed E-state index contributed by atoms with van der Waals surface area (Å²) in [4.78, 5) is 187. The number of ether oxygens (including phenoxy) is 3. The van der Waals surface area contributed by atoms with Crippen LogP contribution in [0.5, 0.6) is 11.5 Å². The number of likely N-dealkylation sites (N-methyl/N-ethyl adjacent to an activating group) is 1. The number of unbranched alkanes of at least 4 members (excludes halogenated alkanes) is 2. The Morgan fingerprint density at radius 2 is 1.58 bits per heavy atom. The highest BCUT2D eigenvalue weighted by Crippen LogP contribution is 2.42. The lowest BCUT2D eigenvalue weighted by Crippen LogP contribution is -2.55. The number of fused-ring (bicyclic) bond motifs is 2. The number of carbonyl (C=O) groups is 13. The minimum Gasteiger partial charge on any atom is -0.495 e. The fourth-order valence-electron chi connectivity index (χ4n) is 13.5. The first-order chi connectivity index (χ1) is 49.4. The van der Waals surface area contributed by atoms with Gasteiger partial charge >= 0.3 is 12.1 Å². The number of imide groups is 2. The normalized spacial score (nSPS) is 17.2. The van der Waals surface area contributed by atoms with Crippen LogP contribution in [0.1, 0.15) is 168 Å². The Morgan fingerprint density at radius 3 is 2.28 bits per heavy atom. The van der Waals surface area contributed by atoms with E-state index >= 15 is 0 Å². The van der Waals surface area contributed by atoms with E-state index in [0.29, 0.717) is 78.4 Å². The second-order valence-corrected chi connectivity index (χ2v) is 26.6. The Hall–Kier alpha value is -10.8. The lowest BCUT2D eigenvalue weighted by molar-refractivity contribution is -0.139. The van der Waals surface area contributed by atoms with Crippen LogP contribution in [0.4, 0.5) is 38.4 Å². The van der Waals surface area contributed by atoms with Crippen molar-refractivity contribution in [2.24, 2.45) is 17.6 Å². The van der Waals surface area contributed by atoms with Crippen LogP contribution in [0.15, 0.2) is 73.4 Å². The van der Waals surface area contributed by atoms with E-state index in [1.807, 2.05) is 6.92 Å². The highest BCUT2D eigenvalue weighted by molar-refractivity contribution is 6.13. The number of hydrogen-bond donors (Lipinski definition) is 7. The third kappa shape index (κ3) is 19.4. The van der Waals surface area contributed by atoms with Gasteiger partial charge in [0, 0.05) is 107 Å². The van der Waals surface area contributed by atoms with Crippen molar-refractivity contribution in [2.75, 3.05) is 73.9 Å². The third-order valence-corrected chi connectivity index (χ3v) is 19.1. The average molecular weight is 1420 g/mol. The predicted octanol–water partition coefficient (Wildman–Crippen LogP) is 6.57. The molecule has 4 atom stereocenters. The van der Waals surface area contributed by atoms with Gasteiger partial charge < -0.3 is 61.2 Å². The molecule has 1 aliphatic carbocycles. The van der Waals surface area contributed by atoms with Crippen LogP contribution >= 0.6 is 0 Å². The van der Waals surface area contributed by atoms with Crippen molar-refractivity contribution in [3.8, 4) is 11.5 Å². The third-order valence-electron chi connectivity index (χ3n) is 19.1. The molecule has 9 rings (SSSR count). The zero-order valence-corrected chi connectivity index (χ0v) is 58.9. The molecular weight excluding hydrogens is 1330 g/mol. The SMILES string of the molecule is C=C1c2c(OCC(=O)CCCN(CCNC(=O)c3ccc(Nc4ncc5c(n4)N(C4CCCC4)[C@H](CC)C(=O)N5C)c(OC)c3)C(=O)OCc3ccc(NC(=O)[C@H](CCCNC(N)=O)CC(=O)[C@@H](NC(=O)CCCCCN4C(=O)CCC4=O)C(C)C)cc3)cccc2C(=O)N1C1CCC(=O)NC1=O. The van der Waals surface area contributed by atoms with Gasteiger partial charge in [0.25, 0.3) is 11.8 Å². The van der Waals surface area contributed by atoms with Crippen molar-refractivity contribution in [1.82, 2.24) is 45.9 Å². The Kier molecular flexibility index (Phi) is 26.5. The Labute approximate surface area is 597 Å². The summed E-state index contributed by atoms with van der Waals surface area (Å²) in [5.74, 6) is -3.85. The van der Waals surface area contributed by atoms with E-state index in [0.717, 1.165) is 25.7 Å². The van der Waals surface area contributed by atoms with Gasteiger partial charge in [0.1, 0.15) is 42.5 Å². The number of hydrogen-bond acceptors (Lipinski definition) is 20. The lowest BCUT2D eigenvalue weighted by atomic mass is 9.89. The van der Waals surface area contributed by atoms with Crippen molar-refractivity contribution in [1.29, 1.82) is 0 Å². The minimum atomic E-state index is -0.967. The van der Waals surface area contributed by atoms with Crippen molar-refractivity contribution < 1.29 is 76.5 Å². The molecule has 3 fully saturated rings. The van der Waals surface area contributed by atoms with Crippen LogP contribution in [-0.2, 0) is 54.5 Å². The first kappa shape index (κ1) is 76.4. The van der Waals surface area contributed by atoms with Gasteiger partial charge in [-0.2, -0.15) is 4.98 Å². The van der Waals surface area contributed by atoms with Gasteiger partial charge in [-0.3, -0.25) is 67.9 Å². The lowest BCUT2D eigenvalue weighted by Gasteiger charge is -2.43. The monoisotopic (exact) mass is 1420 g/mol. The van der Waals surface area contributed by atoms with Gasteiger partial charge in [0.05, 0.1) is 36.2 Å². The summed E-state index contributed by atoms with van der Waals surface area (Å²) in [6.45, 7) is 9.25. The Bertz CT molecular complexity index is 3880. The summed E-state index contributed by atoms with van der Waals surface area (Å²) < 4.78 is 17.5. The summed E-state index contributed by atoms with van der Waals surface area (Å²) in [7, 11) is 3.18. The summed E-state index contributed by atoms with van der Waals surface area (Å²) in [5.41, 5.74) is 8.17. The van der Waals surface area contributed by atoms with Crippen LogP contribution in [-0.4, -0.2) is 179 Å². The van der Waals surface area contributed by atoms with E-state index in [9.17, 15) is 62.3 Å². The van der Waals surface area contributed by atoms with E-state index in [1.54, 1.807) is 92.7 Å². The number of carbonyl (C=O) groups excluding carboxylic acids is 13. The summed E-state index contributed by atoms with van der Waals surface area (Å²) >= 11 is 0. The number of piperidine rings is 1. The zero-order valence-electron chi connectivity index (χ0n) is 58.9. The number of nitrogens with one attached hydrogen (secondary N) is 6. The first-order valence-electron chi connectivity index (χ1n) is 35.2. The number of likely N-dealkylation sites (tertiary alicyclic amines) is 1. The number of Topliss-reactive ketones (excluding diaryl/α,β-unsaturated/α-hetero) is 2. The molecule has 4 aliphatic heterocycles. The smallest absolute Gasteiger partial charge is 0.410 e. The molecule has 0 radical (unpaired) electrons.